The maximum Gasteiger partial charge on any atom is 0.306 e. The fraction of sp³-hybridized carbons (Fsp3) is 0.560. The van der Waals surface area contributed by atoms with Crippen molar-refractivity contribution in [2.24, 2.45) is 16.8 Å². The molecule has 3 aromatic rings. The molecular formula is C50H63NO18. The summed E-state index contributed by atoms with van der Waals surface area (Å²) in [6, 6.07) is 26.5. The number of benzene rings is 3. The number of nitrogens with zero attached hydrogens (tertiary/aromatic N) is 1. The Morgan fingerprint density at radius 2 is 0.986 bits per heavy atom. The summed E-state index contributed by atoms with van der Waals surface area (Å²) in [7, 11) is 0. The van der Waals surface area contributed by atoms with Gasteiger partial charge in [-0.05, 0) is 54.2 Å². The summed E-state index contributed by atoms with van der Waals surface area (Å²) in [5, 5.41) is 67.1. The van der Waals surface area contributed by atoms with Gasteiger partial charge in [0.25, 0.3) is 0 Å². The van der Waals surface area contributed by atoms with Crippen LogP contribution in [0, 0.1) is 11.8 Å². The zero-order valence-electron chi connectivity index (χ0n) is 38.3. The molecule has 0 unspecified atom stereocenters. The molecule has 4 heterocycles. The highest BCUT2D eigenvalue weighted by atomic mass is 16.8. The lowest BCUT2D eigenvalue weighted by molar-refractivity contribution is -0.368. The maximum absolute atomic E-state index is 13.3. The topological polar surface area (TPSA) is 268 Å². The van der Waals surface area contributed by atoms with E-state index in [-0.39, 0.29) is 70.7 Å². The largest absolute Gasteiger partial charge is 0.461 e. The van der Waals surface area contributed by atoms with E-state index < -0.39 is 123 Å². The van der Waals surface area contributed by atoms with E-state index in [0.717, 1.165) is 16.7 Å². The number of hydrogen-bond acceptors (Lipinski definition) is 19. The molecule has 19 nitrogen and oxygen atoms in total. The molecule has 4 aliphatic rings. The van der Waals surface area contributed by atoms with Crippen LogP contribution in [0.2, 0.25) is 0 Å². The molecule has 6 N–H and O–H groups in total. The first-order valence-electron chi connectivity index (χ1n) is 23.4. The Balaban J connectivity index is 1.08. The van der Waals surface area contributed by atoms with Crippen molar-refractivity contribution < 1.29 is 87.7 Å². The number of ether oxygens (including phenoxy) is 9. The molecule has 69 heavy (non-hydrogen) atoms. The average molecular weight is 966 g/mol. The number of esters is 3. The molecule has 0 amide bonds. The minimum absolute atomic E-state index is 0.00329. The van der Waals surface area contributed by atoms with Crippen molar-refractivity contribution in [1.29, 1.82) is 0 Å². The molecule has 376 valence electrons. The Labute approximate surface area is 399 Å². The monoisotopic (exact) mass is 965 g/mol. The Hall–Kier alpha value is -4.90. The Morgan fingerprint density at radius 3 is 1.51 bits per heavy atom. The molecule has 0 aliphatic carbocycles. The van der Waals surface area contributed by atoms with Gasteiger partial charge in [0.1, 0.15) is 74.7 Å². The summed E-state index contributed by atoms with van der Waals surface area (Å²) in [4.78, 5) is 43.7. The van der Waals surface area contributed by atoms with Gasteiger partial charge >= 0.3 is 17.9 Å². The lowest BCUT2D eigenvalue weighted by Gasteiger charge is -2.49. The number of hydrogen-bond donors (Lipinski definition) is 6. The smallest absolute Gasteiger partial charge is 0.306 e. The van der Waals surface area contributed by atoms with E-state index in [2.05, 4.69) is 4.99 Å². The molecule has 0 radical (unpaired) electrons. The minimum Gasteiger partial charge on any atom is -0.461 e. The summed E-state index contributed by atoms with van der Waals surface area (Å²) in [6.45, 7) is 0.304. The van der Waals surface area contributed by atoms with E-state index in [1.165, 1.54) is 0 Å². The molecule has 3 saturated heterocycles. The molecule has 0 spiro atoms. The first-order chi connectivity index (χ1) is 33.4. The highest BCUT2D eigenvalue weighted by molar-refractivity contribution is 5.75. The summed E-state index contributed by atoms with van der Waals surface area (Å²) < 4.78 is 52.6. The molecule has 0 bridgehead atoms. The zero-order valence-corrected chi connectivity index (χ0v) is 38.3. The number of carbonyl (C=O) groups is 3. The van der Waals surface area contributed by atoms with Crippen molar-refractivity contribution in [3.63, 3.8) is 0 Å². The quantitative estimate of drug-likeness (QED) is 0.0623. The number of aliphatic hydroxyl groups excluding tert-OH is 6. The van der Waals surface area contributed by atoms with Crippen LogP contribution in [0.25, 0.3) is 0 Å². The third-order valence-electron chi connectivity index (χ3n) is 12.9. The first-order valence-corrected chi connectivity index (χ1v) is 23.4. The van der Waals surface area contributed by atoms with Crippen molar-refractivity contribution in [3.8, 4) is 0 Å². The van der Waals surface area contributed by atoms with Crippen LogP contribution in [-0.4, -0.2) is 148 Å². The maximum atomic E-state index is 13.3. The van der Waals surface area contributed by atoms with Gasteiger partial charge in [-0.15, -0.1) is 0 Å². The lowest BCUT2D eigenvalue weighted by atomic mass is 9.74. The second-order valence-electron chi connectivity index (χ2n) is 17.7. The Morgan fingerprint density at radius 1 is 0.536 bits per heavy atom. The number of carbonyl (C=O) groups excluding carboxylic acids is 3. The van der Waals surface area contributed by atoms with Crippen LogP contribution in [0.1, 0.15) is 68.6 Å². The van der Waals surface area contributed by atoms with Crippen LogP contribution in [0.4, 0.5) is 0 Å². The van der Waals surface area contributed by atoms with Gasteiger partial charge in [-0.1, -0.05) is 91.0 Å². The van der Waals surface area contributed by atoms with Gasteiger partial charge in [-0.25, -0.2) is 4.99 Å². The first kappa shape index (κ1) is 51.9. The fourth-order valence-corrected chi connectivity index (χ4v) is 9.22. The lowest BCUT2D eigenvalue weighted by Crippen LogP contribution is -2.65. The van der Waals surface area contributed by atoms with Crippen molar-refractivity contribution in [1.82, 2.24) is 0 Å². The number of fused-ring (bicyclic) bond motifs is 1. The second kappa shape index (κ2) is 25.3. The van der Waals surface area contributed by atoms with E-state index in [9.17, 15) is 45.0 Å². The highest BCUT2D eigenvalue weighted by Crippen LogP contribution is 2.41. The third kappa shape index (κ3) is 13.9. The Kier molecular flexibility index (Phi) is 19.0. The molecule has 19 heteroatoms. The van der Waals surface area contributed by atoms with E-state index >= 15 is 0 Å². The summed E-state index contributed by atoms with van der Waals surface area (Å²) >= 11 is 0. The average Bonchev–Trinajstić information content (AvgIpc) is 3.75. The molecule has 0 aromatic heterocycles. The van der Waals surface area contributed by atoms with Crippen molar-refractivity contribution >= 4 is 23.8 Å². The van der Waals surface area contributed by atoms with Crippen LogP contribution >= 0.6 is 0 Å². The van der Waals surface area contributed by atoms with E-state index in [0.29, 0.717) is 0 Å². The zero-order chi connectivity index (χ0) is 48.9. The molecule has 7 rings (SSSR count). The minimum atomic E-state index is -1.88. The van der Waals surface area contributed by atoms with E-state index in [4.69, 9.17) is 42.6 Å². The van der Waals surface area contributed by atoms with Gasteiger partial charge < -0.3 is 73.3 Å². The molecular weight excluding hydrogens is 903 g/mol. The molecule has 3 aromatic carbocycles. The fourth-order valence-electron chi connectivity index (χ4n) is 9.22. The molecule has 3 fully saturated rings. The van der Waals surface area contributed by atoms with Crippen LogP contribution in [-0.2, 0) is 76.8 Å². The number of aliphatic imine (C=N–C) groups is 1. The van der Waals surface area contributed by atoms with Crippen LogP contribution in [0.3, 0.4) is 0 Å². The summed E-state index contributed by atoms with van der Waals surface area (Å²) in [5.41, 5.74) is 2.38. The van der Waals surface area contributed by atoms with E-state index in [1.807, 2.05) is 91.0 Å². The van der Waals surface area contributed by atoms with Crippen molar-refractivity contribution in [3.05, 3.63) is 108 Å². The SMILES string of the molecule is CC1=N[C@H]2[C@@H](O1)O[C@H](CO)[C@@H](O[C@@H]1O[C@H](CO)[C@@H](O[C@@H]3O[C@H](CCCC(=O)OCc4ccccc4)[C@@H](CCC(=O)OCc4ccccc4)[C@H](CCC(=O)OCc4ccccc4)[C@@H]3O)[C@H](O)[C@@H]1O)[C@@H]2O. The second-order valence-corrected chi connectivity index (χ2v) is 17.7. The number of aliphatic hydroxyl groups is 6. The normalized spacial score (nSPS) is 32.0. The summed E-state index contributed by atoms with van der Waals surface area (Å²) in [5.74, 6) is -2.69. The molecule has 0 saturated carbocycles. The Bertz CT molecular complexity index is 2100. The molecule has 4 aliphatic heterocycles. The van der Waals surface area contributed by atoms with Crippen LogP contribution in [0.15, 0.2) is 96.0 Å². The van der Waals surface area contributed by atoms with Crippen LogP contribution in [0.5, 0.6) is 0 Å². The van der Waals surface area contributed by atoms with Crippen molar-refractivity contribution in [2.45, 2.75) is 152 Å². The predicted octanol–water partition coefficient (Wildman–Crippen LogP) is 2.37. The predicted molar refractivity (Wildman–Crippen MR) is 240 cm³/mol. The molecule has 15 atom stereocenters. The van der Waals surface area contributed by atoms with Crippen LogP contribution < -0.4 is 0 Å². The highest BCUT2D eigenvalue weighted by Gasteiger charge is 2.55. The van der Waals surface area contributed by atoms with Gasteiger partial charge in [0.05, 0.1) is 19.3 Å². The standard InChI is InChI=1S/C50H63NO18/c1-29-51-41-43(58)46(36(24-52)66-48(41)64-29)68-50-45(60)44(59)47(37(25-53)67-50)69-49-42(57)34(21-23-40(56)63-28-32-16-9-4-10-17-32)33(20-22-39(55)62-27-31-14-7-3-8-15-31)35(65-49)18-11-19-38(54)61-26-30-12-5-2-6-13-30/h2-10,12-17,33-37,41-50,52-53,57-60H,11,18-28H2,1H3/t33-,34-,35+,36+,37+,41+,42-,43+,44+,45-,46+,47+,48-,49-,50-/m0/s1. The van der Waals surface area contributed by atoms with E-state index in [1.54, 1.807) is 6.92 Å². The number of rotatable bonds is 22. The van der Waals surface area contributed by atoms with Gasteiger partial charge in [0, 0.05) is 26.2 Å². The summed E-state index contributed by atoms with van der Waals surface area (Å²) in [6.07, 6.45) is -16.8. The van der Waals surface area contributed by atoms with Crippen molar-refractivity contribution in [2.75, 3.05) is 13.2 Å². The van der Waals surface area contributed by atoms with Gasteiger partial charge in [-0.2, -0.15) is 0 Å². The van der Waals surface area contributed by atoms with Gasteiger partial charge in [0.15, 0.2) is 18.5 Å². The van der Waals surface area contributed by atoms with Gasteiger partial charge in [-0.3, -0.25) is 14.4 Å². The van der Waals surface area contributed by atoms with Gasteiger partial charge in [0.2, 0.25) is 6.29 Å². The third-order valence-corrected chi connectivity index (χ3v) is 12.9.